The monoisotopic (exact) mass is 338 g/mol. The number of benzene rings is 2. The summed E-state index contributed by atoms with van der Waals surface area (Å²) in [5.41, 5.74) is 1.72. The van der Waals surface area contributed by atoms with Gasteiger partial charge in [0.05, 0.1) is 0 Å². The average molecular weight is 338 g/mol. The van der Waals surface area contributed by atoms with Crippen LogP contribution in [-0.2, 0) is 11.3 Å². The van der Waals surface area contributed by atoms with Crippen molar-refractivity contribution in [1.29, 1.82) is 0 Å². The number of nitrogens with one attached hydrogen (secondary N) is 1. The number of hydrogen-bond acceptors (Lipinski definition) is 2. The molecule has 0 spiro atoms. The molecule has 132 valence electrons. The maximum absolute atomic E-state index is 12.6. The summed E-state index contributed by atoms with van der Waals surface area (Å²) in [6, 6.07) is 18.8. The zero-order chi connectivity index (χ0) is 18.1. The van der Waals surface area contributed by atoms with Crippen molar-refractivity contribution in [2.24, 2.45) is 0 Å². The molecule has 0 bridgehead atoms. The van der Waals surface area contributed by atoms with Crippen LogP contribution in [0.4, 0.5) is 0 Å². The molecule has 1 N–H and O–H groups in total. The maximum atomic E-state index is 12.6. The molecule has 2 aromatic rings. The first kappa shape index (κ1) is 18.7. The summed E-state index contributed by atoms with van der Waals surface area (Å²) in [5, 5.41) is 2.90. The molecule has 0 heterocycles. The topological polar surface area (TPSA) is 49.4 Å². The summed E-state index contributed by atoms with van der Waals surface area (Å²) in [6.45, 7) is 5.25. The summed E-state index contributed by atoms with van der Waals surface area (Å²) in [4.78, 5) is 26.7. The molecule has 0 radical (unpaired) electrons. The van der Waals surface area contributed by atoms with Gasteiger partial charge in [0, 0.05) is 31.1 Å². The van der Waals surface area contributed by atoms with Crippen LogP contribution >= 0.6 is 0 Å². The van der Waals surface area contributed by atoms with Gasteiger partial charge in [0.1, 0.15) is 0 Å². The third kappa shape index (κ3) is 6.07. The van der Waals surface area contributed by atoms with Gasteiger partial charge in [-0.15, -0.1) is 0 Å². The van der Waals surface area contributed by atoms with Crippen molar-refractivity contribution in [3.8, 4) is 0 Å². The highest BCUT2D eigenvalue weighted by atomic mass is 16.2. The van der Waals surface area contributed by atoms with Gasteiger partial charge in [0.2, 0.25) is 5.91 Å². The SMILES string of the molecule is CCCN(Cc1ccccc1)C(=O)CC(C)NC(=O)c1ccccc1. The molecule has 2 aromatic carbocycles. The second-order valence-electron chi connectivity index (χ2n) is 6.25. The lowest BCUT2D eigenvalue weighted by Gasteiger charge is -2.24. The van der Waals surface area contributed by atoms with Crippen LogP contribution in [-0.4, -0.2) is 29.3 Å². The highest BCUT2D eigenvalue weighted by Gasteiger charge is 2.18. The Balaban J connectivity index is 1.91. The number of hydrogen-bond donors (Lipinski definition) is 1. The van der Waals surface area contributed by atoms with Crippen LogP contribution in [0, 0.1) is 0 Å². The van der Waals surface area contributed by atoms with Crippen molar-refractivity contribution in [2.45, 2.75) is 39.3 Å². The predicted octanol–water partition coefficient (Wildman–Crippen LogP) is 3.63. The van der Waals surface area contributed by atoms with Crippen LogP contribution in [0.3, 0.4) is 0 Å². The Hall–Kier alpha value is -2.62. The molecule has 0 aromatic heterocycles. The van der Waals surface area contributed by atoms with E-state index in [0.29, 0.717) is 25.1 Å². The minimum absolute atomic E-state index is 0.0616. The van der Waals surface area contributed by atoms with E-state index < -0.39 is 0 Å². The molecule has 0 aliphatic rings. The van der Waals surface area contributed by atoms with E-state index in [4.69, 9.17) is 0 Å². The van der Waals surface area contributed by atoms with E-state index in [1.54, 1.807) is 12.1 Å². The Labute approximate surface area is 149 Å². The molecule has 0 aliphatic heterocycles. The lowest BCUT2D eigenvalue weighted by atomic mass is 10.1. The van der Waals surface area contributed by atoms with Gasteiger partial charge >= 0.3 is 0 Å². The number of rotatable bonds is 8. The Morgan fingerprint density at radius 3 is 2.20 bits per heavy atom. The molecule has 4 heteroatoms. The average Bonchev–Trinajstić information content (AvgIpc) is 2.62. The molecule has 1 unspecified atom stereocenters. The van der Waals surface area contributed by atoms with Crippen LogP contribution in [0.5, 0.6) is 0 Å². The summed E-state index contributed by atoms with van der Waals surface area (Å²) < 4.78 is 0. The van der Waals surface area contributed by atoms with Crippen molar-refractivity contribution >= 4 is 11.8 Å². The summed E-state index contributed by atoms with van der Waals surface area (Å²) >= 11 is 0. The van der Waals surface area contributed by atoms with Gasteiger partial charge in [-0.1, -0.05) is 55.5 Å². The van der Waals surface area contributed by atoms with Crippen molar-refractivity contribution in [2.75, 3.05) is 6.54 Å². The Morgan fingerprint density at radius 2 is 1.60 bits per heavy atom. The molecule has 0 saturated heterocycles. The fourth-order valence-electron chi connectivity index (χ4n) is 2.70. The maximum Gasteiger partial charge on any atom is 0.251 e. The van der Waals surface area contributed by atoms with E-state index in [2.05, 4.69) is 12.2 Å². The first-order valence-electron chi connectivity index (χ1n) is 8.77. The van der Waals surface area contributed by atoms with Gasteiger partial charge in [-0.3, -0.25) is 9.59 Å². The first-order chi connectivity index (χ1) is 12.1. The summed E-state index contributed by atoms with van der Waals surface area (Å²) in [6.07, 6.45) is 1.20. The Kier molecular flexibility index (Phi) is 7.20. The van der Waals surface area contributed by atoms with Gasteiger partial charge in [0.15, 0.2) is 0 Å². The lowest BCUT2D eigenvalue weighted by molar-refractivity contribution is -0.132. The Bertz CT molecular complexity index is 671. The highest BCUT2D eigenvalue weighted by molar-refractivity contribution is 5.94. The standard InChI is InChI=1S/C21H26N2O2/c1-3-14-23(16-18-10-6-4-7-11-18)20(24)15-17(2)22-21(25)19-12-8-5-9-13-19/h4-13,17H,3,14-16H2,1-2H3,(H,22,25). The minimum atomic E-state index is -0.213. The smallest absolute Gasteiger partial charge is 0.251 e. The quantitative estimate of drug-likeness (QED) is 0.799. The van der Waals surface area contributed by atoms with E-state index in [1.807, 2.05) is 60.4 Å². The van der Waals surface area contributed by atoms with E-state index in [-0.39, 0.29) is 17.9 Å². The first-order valence-corrected chi connectivity index (χ1v) is 8.77. The molecule has 25 heavy (non-hydrogen) atoms. The molecular formula is C21H26N2O2. The minimum Gasteiger partial charge on any atom is -0.349 e. The van der Waals surface area contributed by atoms with Crippen LogP contribution in [0.2, 0.25) is 0 Å². The number of amides is 2. The summed E-state index contributed by atoms with van der Waals surface area (Å²) in [7, 11) is 0. The largest absolute Gasteiger partial charge is 0.349 e. The number of carbonyl (C=O) groups excluding carboxylic acids is 2. The predicted molar refractivity (Wildman–Crippen MR) is 100 cm³/mol. The van der Waals surface area contributed by atoms with E-state index in [1.165, 1.54) is 0 Å². The van der Waals surface area contributed by atoms with E-state index in [0.717, 1.165) is 12.0 Å². The highest BCUT2D eigenvalue weighted by Crippen LogP contribution is 2.09. The molecule has 2 rings (SSSR count). The number of nitrogens with zero attached hydrogens (tertiary/aromatic N) is 1. The molecule has 1 atom stereocenters. The normalized spacial score (nSPS) is 11.6. The van der Waals surface area contributed by atoms with Gasteiger partial charge in [-0.25, -0.2) is 0 Å². The van der Waals surface area contributed by atoms with Gasteiger partial charge in [-0.2, -0.15) is 0 Å². The van der Waals surface area contributed by atoms with Gasteiger partial charge < -0.3 is 10.2 Å². The van der Waals surface area contributed by atoms with Crippen molar-refractivity contribution in [3.05, 3.63) is 71.8 Å². The molecular weight excluding hydrogens is 312 g/mol. The van der Waals surface area contributed by atoms with E-state index in [9.17, 15) is 9.59 Å². The molecule has 0 aliphatic carbocycles. The Morgan fingerprint density at radius 1 is 1.00 bits per heavy atom. The lowest BCUT2D eigenvalue weighted by Crippen LogP contribution is -2.39. The second kappa shape index (κ2) is 9.62. The third-order valence-corrected chi connectivity index (χ3v) is 3.96. The van der Waals surface area contributed by atoms with Crippen LogP contribution in [0.25, 0.3) is 0 Å². The zero-order valence-corrected chi connectivity index (χ0v) is 14.9. The van der Waals surface area contributed by atoms with Crippen LogP contribution in [0.1, 0.15) is 42.6 Å². The van der Waals surface area contributed by atoms with E-state index >= 15 is 0 Å². The van der Waals surface area contributed by atoms with Gasteiger partial charge in [-0.05, 0) is 31.0 Å². The number of carbonyl (C=O) groups is 2. The van der Waals surface area contributed by atoms with Crippen LogP contribution in [0.15, 0.2) is 60.7 Å². The third-order valence-electron chi connectivity index (χ3n) is 3.96. The molecule has 2 amide bonds. The van der Waals surface area contributed by atoms with Crippen molar-refractivity contribution < 1.29 is 9.59 Å². The fraction of sp³-hybridized carbons (Fsp3) is 0.333. The van der Waals surface area contributed by atoms with Crippen LogP contribution < -0.4 is 5.32 Å². The molecule has 0 fully saturated rings. The van der Waals surface area contributed by atoms with Crippen molar-refractivity contribution in [1.82, 2.24) is 10.2 Å². The molecule has 0 saturated carbocycles. The van der Waals surface area contributed by atoms with Gasteiger partial charge in [0.25, 0.3) is 5.91 Å². The zero-order valence-electron chi connectivity index (χ0n) is 14.9. The fourth-order valence-corrected chi connectivity index (χ4v) is 2.70. The molecule has 4 nitrogen and oxygen atoms in total. The van der Waals surface area contributed by atoms with Crippen molar-refractivity contribution in [3.63, 3.8) is 0 Å². The summed E-state index contributed by atoms with van der Waals surface area (Å²) in [5.74, 6) is -0.0856. The second-order valence-corrected chi connectivity index (χ2v) is 6.25.